The number of nitro benzene ring substituents is 2. The van der Waals surface area contributed by atoms with E-state index in [0.29, 0.717) is 5.69 Å². The van der Waals surface area contributed by atoms with Gasteiger partial charge in [0, 0.05) is 30.3 Å². The average Bonchev–Trinajstić information content (AvgIpc) is 3.26. The molecular formula is C31H20N4O6. The van der Waals surface area contributed by atoms with Gasteiger partial charge in [-0.2, -0.15) is 0 Å². The first-order valence-electron chi connectivity index (χ1n) is 12.9. The molecule has 0 N–H and O–H groups in total. The zero-order chi connectivity index (χ0) is 28.5. The molecule has 0 aromatic heterocycles. The Morgan fingerprint density at radius 3 is 2.05 bits per heavy atom. The van der Waals surface area contributed by atoms with Crippen LogP contribution >= 0.6 is 0 Å². The molecule has 4 aliphatic rings. The van der Waals surface area contributed by atoms with Crippen LogP contribution in [0.2, 0.25) is 0 Å². The molecule has 200 valence electrons. The summed E-state index contributed by atoms with van der Waals surface area (Å²) in [5.41, 5.74) is 1.96. The summed E-state index contributed by atoms with van der Waals surface area (Å²) in [6.07, 6.45) is 1.63. The Kier molecular flexibility index (Phi) is 5.23. The van der Waals surface area contributed by atoms with Gasteiger partial charge in [0.25, 0.3) is 11.4 Å². The van der Waals surface area contributed by atoms with Crippen LogP contribution in [-0.4, -0.2) is 27.9 Å². The fourth-order valence-corrected chi connectivity index (χ4v) is 6.96. The predicted molar refractivity (Wildman–Crippen MR) is 149 cm³/mol. The Bertz CT molecular complexity index is 1800. The van der Waals surface area contributed by atoms with Crippen LogP contribution in [0, 0.1) is 32.1 Å². The highest BCUT2D eigenvalue weighted by Gasteiger charge is 2.68. The summed E-state index contributed by atoms with van der Waals surface area (Å²) in [6.45, 7) is 0. The van der Waals surface area contributed by atoms with Crippen LogP contribution in [0.25, 0.3) is 0 Å². The zero-order valence-electron chi connectivity index (χ0n) is 21.3. The van der Waals surface area contributed by atoms with Gasteiger partial charge in [0.15, 0.2) is 0 Å². The number of hydrogen-bond donors (Lipinski definition) is 0. The number of benzene rings is 4. The molecular weight excluding hydrogens is 524 g/mol. The van der Waals surface area contributed by atoms with Gasteiger partial charge in [-0.3, -0.25) is 34.8 Å². The first-order valence-corrected chi connectivity index (χ1v) is 12.9. The maximum Gasteiger partial charge on any atom is 0.293 e. The number of amides is 2. The predicted octanol–water partition coefficient (Wildman–Crippen LogP) is 5.46. The summed E-state index contributed by atoms with van der Waals surface area (Å²) in [7, 11) is 0. The normalized spacial score (nSPS) is 23.8. The molecule has 0 saturated carbocycles. The number of rotatable bonds is 5. The number of carbonyl (C=O) groups is 2. The highest BCUT2D eigenvalue weighted by atomic mass is 16.6. The van der Waals surface area contributed by atoms with E-state index >= 15 is 0 Å². The summed E-state index contributed by atoms with van der Waals surface area (Å²) < 4.78 is 0. The maximum absolute atomic E-state index is 14.4. The highest BCUT2D eigenvalue weighted by Crippen LogP contribution is 2.64. The number of nitro groups is 2. The number of para-hydroxylation sites is 2. The summed E-state index contributed by atoms with van der Waals surface area (Å²) in [5, 5.41) is 23.3. The standard InChI is InChI=1S/C31H20N4O6/c36-29-27-26-20-10-1-3-12-22(20)31(23-13-4-2-11-21(23)26,17-32-18-8-7-9-19(16-18)34(38)39)28(27)30(37)33(29)24-14-5-6-15-25(24)35(40)41/h1-17,26-28H/t26?,27-,28+,31?/m0/s1. The third-order valence-corrected chi connectivity index (χ3v) is 8.46. The molecule has 2 atom stereocenters. The molecule has 4 aromatic carbocycles. The van der Waals surface area contributed by atoms with Gasteiger partial charge in [0.1, 0.15) is 5.69 Å². The topological polar surface area (TPSA) is 136 Å². The Hall–Kier alpha value is -5.51. The second-order valence-electron chi connectivity index (χ2n) is 10.3. The van der Waals surface area contributed by atoms with E-state index in [4.69, 9.17) is 0 Å². The number of anilines is 1. The summed E-state index contributed by atoms with van der Waals surface area (Å²) in [4.78, 5) is 56.5. The molecule has 3 aliphatic carbocycles. The molecule has 10 nitrogen and oxygen atoms in total. The van der Waals surface area contributed by atoms with Gasteiger partial charge >= 0.3 is 0 Å². The number of hydrogen-bond acceptors (Lipinski definition) is 7. The Morgan fingerprint density at radius 1 is 0.756 bits per heavy atom. The first kappa shape index (κ1) is 24.5. The lowest BCUT2D eigenvalue weighted by atomic mass is 9.47. The molecule has 1 aliphatic heterocycles. The van der Waals surface area contributed by atoms with Crippen LogP contribution in [-0.2, 0) is 15.0 Å². The maximum atomic E-state index is 14.4. The lowest BCUT2D eigenvalue weighted by Crippen LogP contribution is -2.54. The number of imide groups is 1. The van der Waals surface area contributed by atoms with Crippen LogP contribution in [0.3, 0.4) is 0 Å². The Morgan fingerprint density at radius 2 is 1.39 bits per heavy atom. The van der Waals surface area contributed by atoms with Gasteiger partial charge in [-0.25, -0.2) is 4.90 Å². The Labute approximate surface area is 232 Å². The number of carbonyl (C=O) groups excluding carboxylic acids is 2. The van der Waals surface area contributed by atoms with Crippen molar-refractivity contribution in [3.05, 3.63) is 140 Å². The third-order valence-electron chi connectivity index (χ3n) is 8.46. The minimum Gasteiger partial charge on any atom is -0.274 e. The summed E-state index contributed by atoms with van der Waals surface area (Å²) >= 11 is 0. The minimum absolute atomic E-state index is 0.0693. The minimum atomic E-state index is -1.21. The van der Waals surface area contributed by atoms with Gasteiger partial charge in [-0.15, -0.1) is 0 Å². The van der Waals surface area contributed by atoms with Gasteiger partial charge in [-0.05, 0) is 34.4 Å². The molecule has 1 saturated heterocycles. The summed E-state index contributed by atoms with van der Waals surface area (Å²) in [6, 6.07) is 26.8. The fourth-order valence-electron chi connectivity index (χ4n) is 6.96. The SMILES string of the molecule is O=C1[C@H]2C3c4ccccc4C(C=Nc4cccc([N+](=O)[O-])c4)(c4ccccc43)[C@H]2C(=O)N1c1ccccc1[N+](=O)[O-]. The van der Waals surface area contributed by atoms with Crippen molar-refractivity contribution in [1.29, 1.82) is 0 Å². The van der Waals surface area contributed by atoms with Crippen molar-refractivity contribution in [3.63, 3.8) is 0 Å². The quantitative estimate of drug-likeness (QED) is 0.142. The van der Waals surface area contributed by atoms with Crippen molar-refractivity contribution in [3.8, 4) is 0 Å². The molecule has 0 unspecified atom stereocenters. The van der Waals surface area contributed by atoms with Crippen molar-refractivity contribution < 1.29 is 19.4 Å². The van der Waals surface area contributed by atoms with Crippen LogP contribution in [0.4, 0.5) is 22.7 Å². The van der Waals surface area contributed by atoms with Crippen LogP contribution in [0.15, 0.2) is 102 Å². The molecule has 8 rings (SSSR count). The van der Waals surface area contributed by atoms with Crippen molar-refractivity contribution >= 4 is 40.8 Å². The number of nitrogens with zero attached hydrogens (tertiary/aromatic N) is 4. The molecule has 1 heterocycles. The molecule has 4 aromatic rings. The smallest absolute Gasteiger partial charge is 0.274 e. The molecule has 0 spiro atoms. The van der Waals surface area contributed by atoms with E-state index in [9.17, 15) is 29.8 Å². The lowest BCUT2D eigenvalue weighted by Gasteiger charge is -2.52. The molecule has 10 heteroatoms. The second kappa shape index (κ2) is 8.75. The van der Waals surface area contributed by atoms with Gasteiger partial charge in [-0.1, -0.05) is 66.7 Å². The number of non-ortho nitro benzene ring substituents is 1. The molecule has 41 heavy (non-hydrogen) atoms. The second-order valence-corrected chi connectivity index (χ2v) is 10.3. The van der Waals surface area contributed by atoms with Gasteiger partial charge < -0.3 is 0 Å². The molecule has 1 fully saturated rings. The Balaban J connectivity index is 1.49. The van der Waals surface area contributed by atoms with Crippen LogP contribution in [0.1, 0.15) is 28.2 Å². The van der Waals surface area contributed by atoms with E-state index < -0.39 is 44.8 Å². The van der Waals surface area contributed by atoms with Crippen molar-refractivity contribution in [1.82, 2.24) is 0 Å². The van der Waals surface area contributed by atoms with E-state index in [-0.39, 0.29) is 17.1 Å². The largest absolute Gasteiger partial charge is 0.293 e. The third kappa shape index (κ3) is 3.27. The number of aliphatic imine (C=N–C) groups is 1. The molecule has 0 radical (unpaired) electrons. The van der Waals surface area contributed by atoms with Crippen molar-refractivity contribution in [2.45, 2.75) is 11.3 Å². The highest BCUT2D eigenvalue weighted by molar-refractivity contribution is 6.25. The van der Waals surface area contributed by atoms with E-state index in [2.05, 4.69) is 4.99 Å². The summed E-state index contributed by atoms with van der Waals surface area (Å²) in [5.74, 6) is -3.26. The van der Waals surface area contributed by atoms with Gasteiger partial charge in [0.2, 0.25) is 11.8 Å². The van der Waals surface area contributed by atoms with E-state index in [1.54, 1.807) is 18.3 Å². The average molecular weight is 545 g/mol. The molecule has 2 amide bonds. The first-order chi connectivity index (χ1) is 19.8. The van der Waals surface area contributed by atoms with Gasteiger partial charge in [0.05, 0.1) is 32.8 Å². The van der Waals surface area contributed by atoms with Crippen molar-refractivity contribution in [2.24, 2.45) is 16.8 Å². The van der Waals surface area contributed by atoms with Crippen LogP contribution in [0.5, 0.6) is 0 Å². The lowest BCUT2D eigenvalue weighted by molar-refractivity contribution is -0.384. The van der Waals surface area contributed by atoms with E-state index in [1.165, 1.54) is 36.4 Å². The zero-order valence-corrected chi connectivity index (χ0v) is 21.3. The van der Waals surface area contributed by atoms with E-state index in [1.807, 2.05) is 48.5 Å². The van der Waals surface area contributed by atoms with Crippen molar-refractivity contribution in [2.75, 3.05) is 4.90 Å². The molecule has 2 bridgehead atoms. The van der Waals surface area contributed by atoms with E-state index in [0.717, 1.165) is 27.2 Å². The monoisotopic (exact) mass is 544 g/mol. The fraction of sp³-hybridized carbons (Fsp3) is 0.129. The van der Waals surface area contributed by atoms with Crippen LogP contribution < -0.4 is 4.90 Å².